The molecule has 1 saturated heterocycles. The van der Waals surface area contributed by atoms with Crippen molar-refractivity contribution >= 4 is 11.6 Å². The van der Waals surface area contributed by atoms with Crippen molar-refractivity contribution in [1.82, 2.24) is 9.88 Å². The first-order chi connectivity index (χ1) is 11.2. The van der Waals surface area contributed by atoms with Gasteiger partial charge in [0.15, 0.2) is 0 Å². The molecule has 1 fully saturated rings. The predicted molar refractivity (Wildman–Crippen MR) is 90.4 cm³/mol. The molecular formula is C18H21N3O2. The van der Waals surface area contributed by atoms with E-state index in [1.165, 1.54) is 29.2 Å². The maximum absolute atomic E-state index is 11.9. The van der Waals surface area contributed by atoms with Crippen LogP contribution in [0.5, 0.6) is 0 Å². The lowest BCUT2D eigenvalue weighted by Crippen LogP contribution is -2.31. The number of pyridine rings is 1. The van der Waals surface area contributed by atoms with Gasteiger partial charge in [0.25, 0.3) is 5.56 Å². The van der Waals surface area contributed by atoms with Crippen LogP contribution in [0.1, 0.15) is 18.4 Å². The van der Waals surface area contributed by atoms with Crippen molar-refractivity contribution in [2.45, 2.75) is 25.9 Å². The summed E-state index contributed by atoms with van der Waals surface area (Å²) in [5.41, 5.74) is 2.13. The molecule has 1 aliphatic heterocycles. The maximum Gasteiger partial charge on any atom is 0.250 e. The molecule has 5 nitrogen and oxygen atoms in total. The number of nitrogens with zero attached hydrogens (tertiary/aromatic N) is 2. The Kier molecular flexibility index (Phi) is 4.76. The number of rotatable bonds is 5. The quantitative estimate of drug-likeness (QED) is 0.915. The first-order valence-corrected chi connectivity index (χ1v) is 7.98. The van der Waals surface area contributed by atoms with E-state index >= 15 is 0 Å². The Morgan fingerprint density at radius 1 is 1.04 bits per heavy atom. The van der Waals surface area contributed by atoms with Crippen molar-refractivity contribution in [3.05, 3.63) is 64.6 Å². The van der Waals surface area contributed by atoms with Gasteiger partial charge in [-0.3, -0.25) is 9.59 Å². The van der Waals surface area contributed by atoms with Gasteiger partial charge in [0.05, 0.1) is 0 Å². The third-order valence-corrected chi connectivity index (χ3v) is 4.11. The molecular weight excluding hydrogens is 290 g/mol. The number of nitrogens with one attached hydrogen (secondary N) is 1. The normalized spacial score (nSPS) is 14.0. The lowest BCUT2D eigenvalue weighted by atomic mass is 10.2. The van der Waals surface area contributed by atoms with Gasteiger partial charge < -0.3 is 14.8 Å². The Morgan fingerprint density at radius 3 is 2.48 bits per heavy atom. The molecule has 1 aliphatic rings. The molecule has 1 aromatic carbocycles. The van der Waals surface area contributed by atoms with Crippen LogP contribution in [0.2, 0.25) is 0 Å². The Balaban J connectivity index is 1.52. The second kappa shape index (κ2) is 7.13. The van der Waals surface area contributed by atoms with Crippen molar-refractivity contribution < 1.29 is 4.79 Å². The fraction of sp³-hybridized carbons (Fsp3) is 0.333. The van der Waals surface area contributed by atoms with Crippen LogP contribution in [0.15, 0.2) is 53.5 Å². The van der Waals surface area contributed by atoms with E-state index in [-0.39, 0.29) is 18.0 Å². The summed E-state index contributed by atoms with van der Waals surface area (Å²) in [5, 5.41) is 2.85. The Hall–Kier alpha value is -2.56. The average molecular weight is 311 g/mol. The Labute approximate surface area is 135 Å². The van der Waals surface area contributed by atoms with Crippen LogP contribution in [0.25, 0.3) is 0 Å². The van der Waals surface area contributed by atoms with E-state index in [1.54, 1.807) is 18.3 Å². The van der Waals surface area contributed by atoms with E-state index in [1.807, 2.05) is 12.1 Å². The van der Waals surface area contributed by atoms with E-state index in [0.29, 0.717) is 6.54 Å². The van der Waals surface area contributed by atoms with Gasteiger partial charge in [-0.2, -0.15) is 0 Å². The van der Waals surface area contributed by atoms with E-state index in [9.17, 15) is 9.59 Å². The molecule has 1 amide bonds. The van der Waals surface area contributed by atoms with Gasteiger partial charge in [0.2, 0.25) is 5.91 Å². The van der Waals surface area contributed by atoms with Crippen LogP contribution in [-0.2, 0) is 17.9 Å². The minimum atomic E-state index is -0.169. The Morgan fingerprint density at radius 2 is 1.78 bits per heavy atom. The van der Waals surface area contributed by atoms with Crippen molar-refractivity contribution in [3.63, 3.8) is 0 Å². The molecule has 0 radical (unpaired) electrons. The molecule has 2 heterocycles. The van der Waals surface area contributed by atoms with Crippen LogP contribution in [0.4, 0.5) is 5.69 Å². The van der Waals surface area contributed by atoms with E-state index in [0.717, 1.165) is 18.7 Å². The number of amides is 1. The molecule has 1 aromatic heterocycles. The van der Waals surface area contributed by atoms with Crippen LogP contribution >= 0.6 is 0 Å². The molecule has 0 bridgehead atoms. The minimum absolute atomic E-state index is 0.0472. The lowest BCUT2D eigenvalue weighted by molar-refractivity contribution is -0.121. The molecule has 3 rings (SSSR count). The molecule has 0 atom stereocenters. The molecule has 2 aromatic rings. The second-order valence-electron chi connectivity index (χ2n) is 5.80. The van der Waals surface area contributed by atoms with E-state index < -0.39 is 0 Å². The van der Waals surface area contributed by atoms with Crippen molar-refractivity contribution in [1.29, 1.82) is 0 Å². The molecule has 0 spiro atoms. The summed E-state index contributed by atoms with van der Waals surface area (Å²) >= 11 is 0. The first kappa shape index (κ1) is 15.3. The van der Waals surface area contributed by atoms with Gasteiger partial charge >= 0.3 is 0 Å². The number of hydrogen-bond acceptors (Lipinski definition) is 3. The van der Waals surface area contributed by atoms with E-state index in [4.69, 9.17) is 0 Å². The second-order valence-corrected chi connectivity index (χ2v) is 5.80. The number of carbonyl (C=O) groups excluding carboxylic acids is 1. The molecule has 0 unspecified atom stereocenters. The topological polar surface area (TPSA) is 54.3 Å². The van der Waals surface area contributed by atoms with Gasteiger partial charge in [-0.1, -0.05) is 18.2 Å². The highest BCUT2D eigenvalue weighted by molar-refractivity contribution is 5.75. The molecule has 120 valence electrons. The van der Waals surface area contributed by atoms with Crippen LogP contribution in [0.3, 0.4) is 0 Å². The predicted octanol–water partition coefficient (Wildman–Crippen LogP) is 1.76. The SMILES string of the molecule is O=C(Cn1ccccc1=O)NCc1ccc(N2CCCC2)cc1. The highest BCUT2D eigenvalue weighted by Gasteiger charge is 2.11. The van der Waals surface area contributed by atoms with Crippen LogP contribution in [-0.4, -0.2) is 23.6 Å². The summed E-state index contributed by atoms with van der Waals surface area (Å²) in [4.78, 5) is 25.9. The third kappa shape index (κ3) is 4.00. The summed E-state index contributed by atoms with van der Waals surface area (Å²) in [7, 11) is 0. The average Bonchev–Trinajstić information content (AvgIpc) is 3.10. The number of benzene rings is 1. The van der Waals surface area contributed by atoms with Gasteiger partial charge in [-0.15, -0.1) is 0 Å². The number of anilines is 1. The standard InChI is InChI=1S/C18H21N3O2/c22-17(14-21-12-2-1-5-18(21)23)19-13-15-6-8-16(9-7-15)20-10-3-4-11-20/h1-2,5-9,12H,3-4,10-11,13-14H2,(H,19,22). The zero-order valence-electron chi connectivity index (χ0n) is 13.1. The Bertz CT molecular complexity index is 716. The third-order valence-electron chi connectivity index (χ3n) is 4.11. The summed E-state index contributed by atoms with van der Waals surface area (Å²) in [6, 6.07) is 13.2. The van der Waals surface area contributed by atoms with Crippen molar-refractivity contribution in [3.8, 4) is 0 Å². The minimum Gasteiger partial charge on any atom is -0.372 e. The fourth-order valence-electron chi connectivity index (χ4n) is 2.80. The van der Waals surface area contributed by atoms with Crippen molar-refractivity contribution in [2.24, 2.45) is 0 Å². The summed E-state index contributed by atoms with van der Waals surface area (Å²) in [6.45, 7) is 2.77. The molecule has 23 heavy (non-hydrogen) atoms. The largest absolute Gasteiger partial charge is 0.372 e. The maximum atomic E-state index is 11.9. The zero-order chi connectivity index (χ0) is 16.1. The summed E-state index contributed by atoms with van der Waals surface area (Å²) in [6.07, 6.45) is 4.14. The van der Waals surface area contributed by atoms with Crippen LogP contribution < -0.4 is 15.8 Å². The van der Waals surface area contributed by atoms with Gasteiger partial charge in [-0.25, -0.2) is 0 Å². The smallest absolute Gasteiger partial charge is 0.250 e. The first-order valence-electron chi connectivity index (χ1n) is 7.98. The molecule has 0 aliphatic carbocycles. The van der Waals surface area contributed by atoms with Gasteiger partial charge in [0.1, 0.15) is 6.54 Å². The van der Waals surface area contributed by atoms with Crippen LogP contribution in [0, 0.1) is 0 Å². The molecule has 1 N–H and O–H groups in total. The fourth-order valence-corrected chi connectivity index (χ4v) is 2.80. The summed E-state index contributed by atoms with van der Waals surface area (Å²) in [5.74, 6) is -0.165. The van der Waals surface area contributed by atoms with E-state index in [2.05, 4.69) is 22.3 Å². The highest BCUT2D eigenvalue weighted by Crippen LogP contribution is 2.20. The van der Waals surface area contributed by atoms with Gasteiger partial charge in [-0.05, 0) is 36.6 Å². The zero-order valence-corrected chi connectivity index (χ0v) is 13.1. The lowest BCUT2D eigenvalue weighted by Gasteiger charge is -2.17. The molecule has 5 heteroatoms. The molecule has 0 saturated carbocycles. The number of carbonyl (C=O) groups is 1. The van der Waals surface area contributed by atoms with Gasteiger partial charge in [0, 0.05) is 37.6 Å². The monoisotopic (exact) mass is 311 g/mol. The summed E-state index contributed by atoms with van der Waals surface area (Å²) < 4.78 is 1.39. The van der Waals surface area contributed by atoms with Crippen molar-refractivity contribution in [2.75, 3.05) is 18.0 Å². The number of hydrogen-bond donors (Lipinski definition) is 1. The number of aromatic nitrogens is 1. The highest BCUT2D eigenvalue weighted by atomic mass is 16.2.